The molecule has 2 aromatic rings. The Kier molecular flexibility index (Phi) is 3.82. The summed E-state index contributed by atoms with van der Waals surface area (Å²) in [6.45, 7) is 0.723. The summed E-state index contributed by atoms with van der Waals surface area (Å²) in [7, 11) is 0. The highest BCUT2D eigenvalue weighted by Crippen LogP contribution is 2.47. The first-order valence-corrected chi connectivity index (χ1v) is 7.21. The van der Waals surface area contributed by atoms with Crippen molar-refractivity contribution in [3.05, 3.63) is 71.8 Å². The van der Waals surface area contributed by atoms with Gasteiger partial charge in [0.2, 0.25) is 5.91 Å². The summed E-state index contributed by atoms with van der Waals surface area (Å²) in [5.74, 6) is 0.802. The Balaban J connectivity index is 1.45. The number of hydrogen-bond donors (Lipinski definition) is 1. The highest BCUT2D eigenvalue weighted by atomic mass is 16.2. The summed E-state index contributed by atoms with van der Waals surface area (Å²) in [4.78, 5) is 12.1. The molecule has 0 aromatic heterocycles. The number of benzene rings is 2. The van der Waals surface area contributed by atoms with E-state index in [1.165, 1.54) is 11.1 Å². The van der Waals surface area contributed by atoms with Crippen LogP contribution in [0.15, 0.2) is 60.7 Å². The number of hydrogen-bond acceptors (Lipinski definition) is 1. The van der Waals surface area contributed by atoms with E-state index < -0.39 is 0 Å². The van der Waals surface area contributed by atoms with Gasteiger partial charge in [-0.05, 0) is 29.9 Å². The van der Waals surface area contributed by atoms with Gasteiger partial charge < -0.3 is 5.32 Å². The van der Waals surface area contributed by atoms with E-state index in [2.05, 4.69) is 29.6 Å². The van der Waals surface area contributed by atoms with E-state index >= 15 is 0 Å². The molecular weight excluding hydrogens is 246 g/mol. The normalized spacial score (nSPS) is 20.4. The predicted octanol–water partition coefficient (Wildman–Crippen LogP) is 3.15. The van der Waals surface area contributed by atoms with Gasteiger partial charge in [-0.3, -0.25) is 4.79 Å². The van der Waals surface area contributed by atoms with Gasteiger partial charge in [-0.1, -0.05) is 60.7 Å². The molecule has 0 bridgehead atoms. The minimum absolute atomic E-state index is 0.174. The molecule has 3 rings (SSSR count). The van der Waals surface area contributed by atoms with Crippen molar-refractivity contribution >= 4 is 5.91 Å². The Labute approximate surface area is 119 Å². The summed E-state index contributed by atoms with van der Waals surface area (Å²) < 4.78 is 0. The maximum absolute atomic E-state index is 12.1. The van der Waals surface area contributed by atoms with E-state index in [-0.39, 0.29) is 11.8 Å². The zero-order chi connectivity index (χ0) is 13.8. The lowest BCUT2D eigenvalue weighted by atomic mass is 10.1. The molecule has 2 atom stereocenters. The van der Waals surface area contributed by atoms with Crippen molar-refractivity contribution in [1.29, 1.82) is 0 Å². The second kappa shape index (κ2) is 5.91. The summed E-state index contributed by atoms with van der Waals surface area (Å²) in [6, 6.07) is 20.6. The fourth-order valence-corrected chi connectivity index (χ4v) is 2.66. The van der Waals surface area contributed by atoms with Crippen molar-refractivity contribution in [3.63, 3.8) is 0 Å². The van der Waals surface area contributed by atoms with E-state index in [4.69, 9.17) is 0 Å². The second-order valence-electron chi connectivity index (χ2n) is 5.39. The Morgan fingerprint density at radius 2 is 1.65 bits per heavy atom. The Hall–Kier alpha value is -2.09. The molecular formula is C18H19NO. The molecule has 0 heterocycles. The minimum atomic E-state index is 0.174. The van der Waals surface area contributed by atoms with E-state index in [9.17, 15) is 4.79 Å². The fourth-order valence-electron chi connectivity index (χ4n) is 2.66. The van der Waals surface area contributed by atoms with Crippen molar-refractivity contribution in [2.75, 3.05) is 6.54 Å². The van der Waals surface area contributed by atoms with Crippen molar-refractivity contribution in [1.82, 2.24) is 5.32 Å². The maximum atomic E-state index is 12.1. The smallest absolute Gasteiger partial charge is 0.223 e. The van der Waals surface area contributed by atoms with E-state index in [1.54, 1.807) is 0 Å². The van der Waals surface area contributed by atoms with Crippen molar-refractivity contribution in [3.8, 4) is 0 Å². The van der Waals surface area contributed by atoms with Crippen LogP contribution in [0.25, 0.3) is 0 Å². The zero-order valence-electron chi connectivity index (χ0n) is 11.5. The number of carbonyl (C=O) groups is 1. The lowest BCUT2D eigenvalue weighted by molar-refractivity contribution is -0.122. The molecule has 0 spiro atoms. The number of carbonyl (C=O) groups excluding carboxylic acids is 1. The highest BCUT2D eigenvalue weighted by Gasteiger charge is 2.43. The van der Waals surface area contributed by atoms with Crippen LogP contribution in [0, 0.1) is 5.92 Å². The topological polar surface area (TPSA) is 29.1 Å². The summed E-state index contributed by atoms with van der Waals surface area (Å²) in [5, 5.41) is 3.05. The molecule has 1 N–H and O–H groups in total. The van der Waals surface area contributed by atoms with Crippen LogP contribution in [-0.2, 0) is 11.2 Å². The van der Waals surface area contributed by atoms with Crippen LogP contribution in [-0.4, -0.2) is 12.5 Å². The molecule has 1 saturated carbocycles. The van der Waals surface area contributed by atoms with Gasteiger partial charge >= 0.3 is 0 Å². The van der Waals surface area contributed by atoms with Gasteiger partial charge in [-0.25, -0.2) is 0 Å². The average molecular weight is 265 g/mol. The molecule has 0 aliphatic heterocycles. The van der Waals surface area contributed by atoms with Crippen molar-refractivity contribution < 1.29 is 4.79 Å². The van der Waals surface area contributed by atoms with Crippen LogP contribution in [0.1, 0.15) is 23.5 Å². The molecule has 1 aliphatic rings. The van der Waals surface area contributed by atoms with Crippen LogP contribution in [0.5, 0.6) is 0 Å². The van der Waals surface area contributed by atoms with Crippen LogP contribution in [0.4, 0.5) is 0 Å². The minimum Gasteiger partial charge on any atom is -0.356 e. The van der Waals surface area contributed by atoms with E-state index in [1.807, 2.05) is 36.4 Å². The number of rotatable bonds is 5. The first kappa shape index (κ1) is 12.9. The molecule has 2 nitrogen and oxygen atoms in total. The standard InChI is InChI=1S/C18H19NO/c20-18(19-12-11-14-7-3-1-4-8-14)17-13-16(17)15-9-5-2-6-10-15/h1-10,16-17H,11-13H2,(H,19,20)/t16-,17+/m0/s1. The third kappa shape index (κ3) is 3.08. The predicted molar refractivity (Wildman–Crippen MR) is 80.4 cm³/mol. The number of nitrogens with one attached hydrogen (secondary N) is 1. The van der Waals surface area contributed by atoms with Gasteiger partial charge in [0.25, 0.3) is 0 Å². The first-order chi connectivity index (χ1) is 9.84. The van der Waals surface area contributed by atoms with Gasteiger partial charge in [-0.2, -0.15) is 0 Å². The van der Waals surface area contributed by atoms with Gasteiger partial charge in [0.05, 0.1) is 0 Å². The largest absolute Gasteiger partial charge is 0.356 e. The lowest BCUT2D eigenvalue weighted by Gasteiger charge is -2.05. The molecule has 20 heavy (non-hydrogen) atoms. The highest BCUT2D eigenvalue weighted by molar-refractivity contribution is 5.82. The lowest BCUT2D eigenvalue weighted by Crippen LogP contribution is -2.27. The third-order valence-electron chi connectivity index (χ3n) is 3.91. The maximum Gasteiger partial charge on any atom is 0.223 e. The third-order valence-corrected chi connectivity index (χ3v) is 3.91. The summed E-state index contributed by atoms with van der Waals surface area (Å²) >= 11 is 0. The van der Waals surface area contributed by atoms with E-state index in [0.717, 1.165) is 19.4 Å². The number of amides is 1. The molecule has 1 fully saturated rings. The van der Waals surface area contributed by atoms with Crippen molar-refractivity contribution in [2.24, 2.45) is 5.92 Å². The summed E-state index contributed by atoms with van der Waals surface area (Å²) in [6.07, 6.45) is 1.89. The molecule has 2 aromatic carbocycles. The second-order valence-corrected chi connectivity index (χ2v) is 5.39. The van der Waals surface area contributed by atoms with Crippen LogP contribution < -0.4 is 5.32 Å². The average Bonchev–Trinajstić information content (AvgIpc) is 3.30. The monoisotopic (exact) mass is 265 g/mol. The Morgan fingerprint density at radius 3 is 2.35 bits per heavy atom. The summed E-state index contributed by atoms with van der Waals surface area (Å²) in [5.41, 5.74) is 2.55. The first-order valence-electron chi connectivity index (χ1n) is 7.21. The quantitative estimate of drug-likeness (QED) is 0.884. The van der Waals surface area contributed by atoms with Crippen molar-refractivity contribution in [2.45, 2.75) is 18.8 Å². The van der Waals surface area contributed by atoms with Gasteiger partial charge in [0.1, 0.15) is 0 Å². The Morgan fingerprint density at radius 1 is 1.00 bits per heavy atom. The molecule has 102 valence electrons. The fraction of sp³-hybridized carbons (Fsp3) is 0.278. The molecule has 0 saturated heterocycles. The molecule has 0 radical (unpaired) electrons. The molecule has 1 amide bonds. The van der Waals surface area contributed by atoms with Crippen LogP contribution in [0.3, 0.4) is 0 Å². The van der Waals surface area contributed by atoms with Gasteiger partial charge in [-0.15, -0.1) is 0 Å². The van der Waals surface area contributed by atoms with Crippen LogP contribution in [0.2, 0.25) is 0 Å². The SMILES string of the molecule is O=C(NCCc1ccccc1)[C@@H]1C[C@H]1c1ccccc1. The van der Waals surface area contributed by atoms with E-state index in [0.29, 0.717) is 5.92 Å². The van der Waals surface area contributed by atoms with Gasteiger partial charge in [0, 0.05) is 12.5 Å². The van der Waals surface area contributed by atoms with Crippen LogP contribution >= 0.6 is 0 Å². The zero-order valence-corrected chi connectivity index (χ0v) is 11.5. The molecule has 0 unspecified atom stereocenters. The molecule has 2 heteroatoms. The van der Waals surface area contributed by atoms with Gasteiger partial charge in [0.15, 0.2) is 0 Å². The molecule has 1 aliphatic carbocycles. The Bertz CT molecular complexity index is 564.